The van der Waals surface area contributed by atoms with Gasteiger partial charge >= 0.3 is 0 Å². The van der Waals surface area contributed by atoms with Crippen LogP contribution in [0.15, 0.2) is 48.5 Å². The van der Waals surface area contributed by atoms with Crippen molar-refractivity contribution in [2.75, 3.05) is 19.6 Å². The fourth-order valence-corrected chi connectivity index (χ4v) is 4.98. The lowest BCUT2D eigenvalue weighted by atomic mass is 9.94. The van der Waals surface area contributed by atoms with Gasteiger partial charge < -0.3 is 25.4 Å². The van der Waals surface area contributed by atoms with Gasteiger partial charge in [-0.25, -0.2) is 8.78 Å². The summed E-state index contributed by atoms with van der Waals surface area (Å²) in [6.45, 7) is 3.67. The lowest BCUT2D eigenvalue weighted by molar-refractivity contribution is -0.129. The Kier molecular flexibility index (Phi) is 8.66. The first-order valence-corrected chi connectivity index (χ1v) is 12.4. The van der Waals surface area contributed by atoms with Crippen molar-refractivity contribution >= 4 is 11.8 Å². The first kappa shape index (κ1) is 26.2. The zero-order chi connectivity index (χ0) is 25.7. The molecule has 4 rings (SSSR count). The molecule has 0 spiro atoms. The summed E-state index contributed by atoms with van der Waals surface area (Å²) in [5.74, 6) is -2.42. The van der Waals surface area contributed by atoms with Crippen LogP contribution in [-0.2, 0) is 27.4 Å². The monoisotopic (exact) mass is 501 g/mol. The number of benzene rings is 2. The summed E-state index contributed by atoms with van der Waals surface area (Å²) >= 11 is 0. The van der Waals surface area contributed by atoms with Crippen molar-refractivity contribution in [2.24, 2.45) is 5.92 Å². The molecule has 7 nitrogen and oxygen atoms in total. The molecular weight excluding hydrogens is 468 g/mol. The summed E-state index contributed by atoms with van der Waals surface area (Å²) in [6, 6.07) is 11.8. The van der Waals surface area contributed by atoms with E-state index in [0.717, 1.165) is 11.6 Å². The number of likely N-dealkylation sites (tertiary alicyclic amines) is 1. The van der Waals surface area contributed by atoms with Crippen LogP contribution in [0.5, 0.6) is 0 Å². The van der Waals surface area contributed by atoms with Gasteiger partial charge in [0.2, 0.25) is 11.8 Å². The van der Waals surface area contributed by atoms with Crippen LogP contribution in [0.25, 0.3) is 0 Å². The number of amides is 2. The summed E-state index contributed by atoms with van der Waals surface area (Å²) in [7, 11) is 0. The summed E-state index contributed by atoms with van der Waals surface area (Å²) in [5.41, 5.74) is 1.37. The van der Waals surface area contributed by atoms with Gasteiger partial charge in [0.1, 0.15) is 11.6 Å². The zero-order valence-corrected chi connectivity index (χ0v) is 20.3. The highest BCUT2D eigenvalue weighted by Crippen LogP contribution is 2.22. The third kappa shape index (κ3) is 6.66. The molecule has 2 amide bonds. The Hall–Kier alpha value is -2.88. The van der Waals surface area contributed by atoms with Crippen LogP contribution in [0, 0.1) is 17.6 Å². The van der Waals surface area contributed by atoms with E-state index in [0.29, 0.717) is 38.2 Å². The molecule has 2 aromatic carbocycles. The lowest BCUT2D eigenvalue weighted by Gasteiger charge is -2.29. The van der Waals surface area contributed by atoms with E-state index in [4.69, 9.17) is 4.74 Å². The third-order valence-electron chi connectivity index (χ3n) is 6.95. The van der Waals surface area contributed by atoms with Gasteiger partial charge in [-0.3, -0.25) is 9.59 Å². The molecule has 0 aromatic heterocycles. The highest BCUT2D eigenvalue weighted by molar-refractivity contribution is 5.89. The average Bonchev–Trinajstić information content (AvgIpc) is 3.48. The number of nitrogens with zero attached hydrogens (tertiary/aromatic N) is 1. The van der Waals surface area contributed by atoms with Crippen LogP contribution in [0.2, 0.25) is 0 Å². The molecule has 36 heavy (non-hydrogen) atoms. The van der Waals surface area contributed by atoms with Crippen molar-refractivity contribution in [2.45, 2.75) is 57.1 Å². The van der Waals surface area contributed by atoms with E-state index < -0.39 is 29.7 Å². The van der Waals surface area contributed by atoms with Crippen LogP contribution in [-0.4, -0.2) is 65.7 Å². The second-order valence-corrected chi connectivity index (χ2v) is 9.59. The van der Waals surface area contributed by atoms with Gasteiger partial charge in [-0.15, -0.1) is 0 Å². The smallest absolute Gasteiger partial charge is 0.225 e. The molecule has 2 saturated heterocycles. The molecule has 2 fully saturated rings. The molecule has 2 heterocycles. The van der Waals surface area contributed by atoms with Crippen molar-refractivity contribution in [3.8, 4) is 0 Å². The molecule has 2 aliphatic heterocycles. The van der Waals surface area contributed by atoms with Crippen LogP contribution in [0.3, 0.4) is 0 Å². The fraction of sp³-hybridized carbons (Fsp3) is 0.481. The topological polar surface area (TPSA) is 90.9 Å². The molecule has 5 atom stereocenters. The Labute approximate surface area is 209 Å². The second kappa shape index (κ2) is 11.9. The van der Waals surface area contributed by atoms with E-state index in [1.54, 1.807) is 4.90 Å². The predicted molar refractivity (Wildman–Crippen MR) is 130 cm³/mol. The van der Waals surface area contributed by atoms with Crippen molar-refractivity contribution in [3.63, 3.8) is 0 Å². The Morgan fingerprint density at radius 3 is 2.58 bits per heavy atom. The normalized spacial score (nSPS) is 23.6. The van der Waals surface area contributed by atoms with Crippen LogP contribution < -0.4 is 10.6 Å². The Balaban J connectivity index is 1.42. The third-order valence-corrected chi connectivity index (χ3v) is 6.95. The van der Waals surface area contributed by atoms with Gasteiger partial charge in [0.15, 0.2) is 0 Å². The molecule has 9 heteroatoms. The fourth-order valence-electron chi connectivity index (χ4n) is 4.98. The number of aliphatic hydroxyl groups excluding tert-OH is 1. The summed E-state index contributed by atoms with van der Waals surface area (Å²) < 4.78 is 33.7. The SMILES string of the molecule is CCN1C[C@@H](C(=O)N[C@@H](Cc2cc(F)cc(F)c2)[C@H](O)[C@H]2C[C@@H](OCc3ccccc3)CN2)CC1=O. The Morgan fingerprint density at radius 1 is 1.19 bits per heavy atom. The molecule has 194 valence electrons. The molecule has 0 saturated carbocycles. The summed E-state index contributed by atoms with van der Waals surface area (Å²) in [5, 5.41) is 17.4. The molecule has 0 aliphatic carbocycles. The number of ether oxygens (including phenoxy) is 1. The number of nitrogens with one attached hydrogen (secondary N) is 2. The first-order chi connectivity index (χ1) is 17.3. The number of carbonyl (C=O) groups is 2. The maximum atomic E-state index is 13.8. The quantitative estimate of drug-likeness (QED) is 0.464. The van der Waals surface area contributed by atoms with Crippen LogP contribution in [0.4, 0.5) is 8.78 Å². The number of carbonyl (C=O) groups excluding carboxylic acids is 2. The highest BCUT2D eigenvalue weighted by atomic mass is 19.1. The Morgan fingerprint density at radius 2 is 1.92 bits per heavy atom. The lowest BCUT2D eigenvalue weighted by Crippen LogP contribution is -2.53. The number of halogens is 2. The maximum Gasteiger partial charge on any atom is 0.225 e. The molecule has 0 bridgehead atoms. The van der Waals surface area contributed by atoms with Gasteiger partial charge in [0.25, 0.3) is 0 Å². The van der Waals surface area contributed by atoms with Gasteiger partial charge in [-0.1, -0.05) is 30.3 Å². The molecule has 0 unspecified atom stereocenters. The highest BCUT2D eigenvalue weighted by Gasteiger charge is 2.38. The molecule has 0 radical (unpaired) electrons. The predicted octanol–water partition coefficient (Wildman–Crippen LogP) is 2.17. The zero-order valence-electron chi connectivity index (χ0n) is 20.3. The van der Waals surface area contributed by atoms with Gasteiger partial charge in [-0.2, -0.15) is 0 Å². The average molecular weight is 502 g/mol. The van der Waals surface area contributed by atoms with Crippen molar-refractivity contribution in [1.82, 2.24) is 15.5 Å². The molecule has 2 aromatic rings. The summed E-state index contributed by atoms with van der Waals surface area (Å²) in [6.07, 6.45) is -0.506. The van der Waals surface area contributed by atoms with Crippen molar-refractivity contribution in [3.05, 3.63) is 71.3 Å². The van der Waals surface area contributed by atoms with Crippen LogP contribution in [0.1, 0.15) is 30.9 Å². The minimum Gasteiger partial charge on any atom is -0.389 e. The van der Waals surface area contributed by atoms with E-state index >= 15 is 0 Å². The molecule has 2 aliphatic rings. The molecular formula is C27H33F2N3O4. The number of aliphatic hydroxyl groups is 1. The number of hydrogen-bond acceptors (Lipinski definition) is 5. The van der Waals surface area contributed by atoms with E-state index in [1.165, 1.54) is 12.1 Å². The van der Waals surface area contributed by atoms with Gasteiger partial charge in [0.05, 0.1) is 30.8 Å². The van der Waals surface area contributed by atoms with E-state index in [-0.39, 0.29) is 36.8 Å². The number of rotatable bonds is 10. The van der Waals surface area contributed by atoms with E-state index in [1.807, 2.05) is 37.3 Å². The maximum absolute atomic E-state index is 13.8. The summed E-state index contributed by atoms with van der Waals surface area (Å²) in [4.78, 5) is 26.8. The van der Waals surface area contributed by atoms with E-state index in [2.05, 4.69) is 10.6 Å². The Bertz CT molecular complexity index is 1030. The van der Waals surface area contributed by atoms with Crippen LogP contribution >= 0.6 is 0 Å². The minimum atomic E-state index is -1.04. The van der Waals surface area contributed by atoms with E-state index in [9.17, 15) is 23.5 Å². The standard InChI is InChI=1S/C27H33F2N3O4/c1-2-32-15-19(11-25(32)33)27(35)31-24(10-18-8-20(28)12-21(29)9-18)26(34)23-13-22(14-30-23)36-16-17-6-4-3-5-7-17/h3-9,12,19,22-24,26,30,34H,2,10-11,13-16H2,1H3,(H,31,35)/t19-,22+,23+,24-,26+/m0/s1. The largest absolute Gasteiger partial charge is 0.389 e. The minimum absolute atomic E-state index is 0.0352. The second-order valence-electron chi connectivity index (χ2n) is 9.59. The van der Waals surface area contributed by atoms with Crippen molar-refractivity contribution < 1.29 is 28.2 Å². The number of hydrogen-bond donors (Lipinski definition) is 3. The van der Waals surface area contributed by atoms with Gasteiger partial charge in [0, 0.05) is 38.2 Å². The van der Waals surface area contributed by atoms with Crippen molar-refractivity contribution in [1.29, 1.82) is 0 Å². The first-order valence-electron chi connectivity index (χ1n) is 12.4. The van der Waals surface area contributed by atoms with Gasteiger partial charge in [-0.05, 0) is 43.0 Å². The molecule has 3 N–H and O–H groups in total.